The highest BCUT2D eigenvalue weighted by atomic mass is 15.2. The van der Waals surface area contributed by atoms with E-state index in [1.165, 1.54) is 145 Å². The van der Waals surface area contributed by atoms with Gasteiger partial charge in [-0.25, -0.2) is 0 Å². The van der Waals surface area contributed by atoms with Crippen LogP contribution in [-0.2, 0) is 21.7 Å². The van der Waals surface area contributed by atoms with Gasteiger partial charge in [-0.2, -0.15) is 0 Å². The van der Waals surface area contributed by atoms with Gasteiger partial charge in [0.15, 0.2) is 0 Å². The molecule has 27 rings (SSSR count). The van der Waals surface area contributed by atoms with Crippen LogP contribution in [0.1, 0.15) is 89.0 Å². The van der Waals surface area contributed by atoms with E-state index in [0.29, 0.717) is 0 Å². The maximum absolute atomic E-state index is 2.57. The summed E-state index contributed by atoms with van der Waals surface area (Å²) in [5.74, 6) is 0. The zero-order chi connectivity index (χ0) is 91.0. The summed E-state index contributed by atoms with van der Waals surface area (Å²) in [6.45, 7) is 0. The molecule has 0 amide bonds. The van der Waals surface area contributed by atoms with Gasteiger partial charge in [0.1, 0.15) is 0 Å². The van der Waals surface area contributed by atoms with E-state index < -0.39 is 21.7 Å². The van der Waals surface area contributed by atoms with Gasteiger partial charge >= 0.3 is 0 Å². The normalized spacial score (nSPS) is 13.7. The van der Waals surface area contributed by atoms with Crippen LogP contribution in [0.4, 0.5) is 34.1 Å². The molecule has 0 unspecified atom stereocenters. The number of rotatable bonds is 17. The standard InChI is InChI=1S/C136H90N2/c1-9-38-91(39-10-1)97-81-99(85-111(83-97)137(107-72-76-119-115-58-25-31-62-123(115)133(129(119)87-107,101-44-13-3-14-45-101)102-46-15-4-16-47-102)108-73-77-120-116-59-26-32-63-124(116)134(130(120)88-108,103-48-17-5-18-49-103)104-50-19-6-20-51-104)94-70-68-93(69-71-94)95-42-37-43-96(80-95)100-82-98(92-40-11-2-12-41-92)84-112(86-100)138(109-74-78-121-117-60-27-33-64-125(117)135(131(121)89-109,105-52-21-7-22-53-105)106-54-23-8-24-55-106)110-75-79-122-118-61-30-36-67-128(118)136(132(122)90-110)126-65-34-28-56-113(126)114-57-29-35-66-127(114)136/h1-90H. The summed E-state index contributed by atoms with van der Waals surface area (Å²) in [5, 5.41) is 0. The van der Waals surface area contributed by atoms with Crippen LogP contribution < -0.4 is 9.80 Å². The zero-order valence-corrected chi connectivity index (χ0v) is 75.9. The fraction of sp³-hybridized carbons (Fsp3) is 0.0294. The van der Waals surface area contributed by atoms with Gasteiger partial charge in [0.25, 0.3) is 0 Å². The molecule has 22 aromatic rings. The van der Waals surface area contributed by atoms with Gasteiger partial charge < -0.3 is 9.80 Å². The second-order valence-electron chi connectivity index (χ2n) is 37.5. The van der Waals surface area contributed by atoms with Gasteiger partial charge in [0, 0.05) is 34.1 Å². The first-order chi connectivity index (χ1) is 68.4. The molecular formula is C136H90N2. The van der Waals surface area contributed by atoms with E-state index in [2.05, 4.69) is 556 Å². The number of anilines is 6. The third-order valence-electron chi connectivity index (χ3n) is 30.7. The first-order valence-electron chi connectivity index (χ1n) is 48.2. The molecule has 22 aromatic carbocycles. The van der Waals surface area contributed by atoms with Crippen LogP contribution in [0.3, 0.4) is 0 Å². The summed E-state index contributed by atoms with van der Waals surface area (Å²) < 4.78 is 0. The first-order valence-corrected chi connectivity index (χ1v) is 48.2. The molecule has 138 heavy (non-hydrogen) atoms. The molecule has 0 atom stereocenters. The maximum atomic E-state index is 2.57. The summed E-state index contributed by atoms with van der Waals surface area (Å²) in [7, 11) is 0. The topological polar surface area (TPSA) is 6.48 Å². The van der Waals surface area contributed by atoms with E-state index >= 15 is 0 Å². The smallest absolute Gasteiger partial charge is 0.0726 e. The Morgan fingerprint density at radius 1 is 0.101 bits per heavy atom. The minimum Gasteiger partial charge on any atom is -0.310 e. The Morgan fingerprint density at radius 2 is 0.283 bits per heavy atom. The molecule has 0 radical (unpaired) electrons. The number of hydrogen-bond acceptors (Lipinski definition) is 2. The van der Waals surface area contributed by atoms with Gasteiger partial charge in [-0.15, -0.1) is 0 Å². The Balaban J connectivity index is 0.631. The van der Waals surface area contributed by atoms with Crippen LogP contribution in [0, 0.1) is 0 Å². The van der Waals surface area contributed by atoms with Crippen molar-refractivity contribution >= 4 is 34.1 Å². The van der Waals surface area contributed by atoms with Gasteiger partial charge in [-0.1, -0.05) is 455 Å². The molecule has 0 heterocycles. The fourth-order valence-electron chi connectivity index (χ4n) is 25.0. The minimum atomic E-state index is -0.654. The van der Waals surface area contributed by atoms with Crippen molar-refractivity contribution in [2.75, 3.05) is 9.80 Å². The average molecular weight is 1750 g/mol. The molecule has 0 saturated carbocycles. The number of nitrogens with zero attached hydrogens (tertiary/aromatic N) is 2. The molecule has 0 bridgehead atoms. The van der Waals surface area contributed by atoms with Crippen LogP contribution in [-0.4, -0.2) is 0 Å². The van der Waals surface area contributed by atoms with Crippen molar-refractivity contribution < 1.29 is 0 Å². The SMILES string of the molecule is c1ccc(-c2cc(-c3ccc(-c4cccc(-c5cc(-c6ccccc6)cc(N(c6ccc7c(c6)C(c6ccccc6)(c6ccccc6)c6ccccc6-7)c6ccc7c(c6)C6(c8ccccc8-c8ccccc86)c6ccccc6-7)c5)c4)cc3)cc(N(c3ccc4c(c3)C(c3ccccc3)(c3ccccc3)c3ccccc3-4)c3ccc4c(c3)C(c3ccccc3)(c3ccccc3)c3ccccc3-4)c2)cc1. The van der Waals surface area contributed by atoms with E-state index in [1.807, 2.05) is 0 Å². The van der Waals surface area contributed by atoms with Crippen molar-refractivity contribution in [1.29, 1.82) is 0 Å². The predicted molar refractivity (Wildman–Crippen MR) is 571 cm³/mol. The molecule has 2 heteroatoms. The molecule has 5 aliphatic carbocycles. The van der Waals surface area contributed by atoms with Crippen molar-refractivity contribution in [3.8, 4) is 111 Å². The lowest BCUT2D eigenvalue weighted by atomic mass is 9.67. The molecule has 0 saturated heterocycles. The summed E-state index contributed by atoms with van der Waals surface area (Å²) in [6, 6.07) is 206. The Labute approximate surface area is 806 Å². The monoisotopic (exact) mass is 1750 g/mol. The second kappa shape index (κ2) is 32.1. The molecule has 0 aromatic heterocycles. The molecule has 2 nitrogen and oxygen atoms in total. The number of hydrogen-bond donors (Lipinski definition) is 0. The van der Waals surface area contributed by atoms with Crippen LogP contribution >= 0.6 is 0 Å². The highest BCUT2D eigenvalue weighted by Gasteiger charge is 2.54. The fourth-order valence-corrected chi connectivity index (χ4v) is 25.0. The Kier molecular flexibility index (Phi) is 18.6. The van der Waals surface area contributed by atoms with Crippen molar-refractivity contribution in [2.24, 2.45) is 0 Å². The van der Waals surface area contributed by atoms with Gasteiger partial charge in [-0.3, -0.25) is 0 Å². The summed E-state index contributed by atoms with van der Waals surface area (Å²) in [4.78, 5) is 5.13. The quantitative estimate of drug-likeness (QED) is 0.0896. The molecule has 1 spiro atoms. The summed E-state index contributed by atoms with van der Waals surface area (Å²) >= 11 is 0. The van der Waals surface area contributed by atoms with E-state index in [1.54, 1.807) is 0 Å². The second-order valence-corrected chi connectivity index (χ2v) is 37.5. The van der Waals surface area contributed by atoms with Crippen molar-refractivity contribution in [1.82, 2.24) is 0 Å². The predicted octanol–water partition coefficient (Wildman–Crippen LogP) is 34.4. The lowest BCUT2D eigenvalue weighted by molar-refractivity contribution is 0.767. The van der Waals surface area contributed by atoms with E-state index in [4.69, 9.17) is 0 Å². The molecule has 0 aliphatic heterocycles. The van der Waals surface area contributed by atoms with Crippen molar-refractivity contribution in [2.45, 2.75) is 21.7 Å². The maximum Gasteiger partial charge on any atom is 0.0726 e. The number of fused-ring (bicyclic) bond motifs is 19. The Morgan fingerprint density at radius 3 is 0.551 bits per heavy atom. The van der Waals surface area contributed by atoms with Crippen molar-refractivity contribution in [3.63, 3.8) is 0 Å². The third kappa shape index (κ3) is 12.0. The molecule has 0 N–H and O–H groups in total. The minimum absolute atomic E-state index is 0.584. The highest BCUT2D eigenvalue weighted by molar-refractivity contribution is 6.00. The van der Waals surface area contributed by atoms with E-state index in [0.717, 1.165) is 89.8 Å². The first kappa shape index (κ1) is 80.1. The van der Waals surface area contributed by atoms with Crippen LogP contribution in [0.25, 0.3) is 111 Å². The van der Waals surface area contributed by atoms with Gasteiger partial charge in [0.2, 0.25) is 0 Å². The largest absolute Gasteiger partial charge is 0.310 e. The molecule has 5 aliphatic rings. The van der Waals surface area contributed by atoms with Crippen LogP contribution in [0.15, 0.2) is 546 Å². The lowest BCUT2D eigenvalue weighted by Gasteiger charge is -2.36. The van der Waals surface area contributed by atoms with Crippen molar-refractivity contribution in [3.05, 3.63) is 635 Å². The van der Waals surface area contributed by atoms with E-state index in [9.17, 15) is 0 Å². The summed E-state index contributed by atoms with van der Waals surface area (Å²) in [6.07, 6.45) is 0. The molecule has 644 valence electrons. The van der Waals surface area contributed by atoms with Crippen LogP contribution in [0.2, 0.25) is 0 Å². The Bertz CT molecular complexity index is 8070. The molecule has 0 fully saturated rings. The third-order valence-corrected chi connectivity index (χ3v) is 30.7. The number of benzene rings is 22. The van der Waals surface area contributed by atoms with Gasteiger partial charge in [0.05, 0.1) is 21.7 Å². The average Bonchev–Trinajstić information content (AvgIpc) is 1.52. The van der Waals surface area contributed by atoms with Crippen LogP contribution in [0.5, 0.6) is 0 Å². The molecular weight excluding hydrogens is 1660 g/mol. The van der Waals surface area contributed by atoms with E-state index in [-0.39, 0.29) is 0 Å². The zero-order valence-electron chi connectivity index (χ0n) is 75.9. The van der Waals surface area contributed by atoms with Gasteiger partial charge in [-0.05, 0) is 291 Å². The highest BCUT2D eigenvalue weighted by Crippen LogP contribution is 2.66. The summed E-state index contributed by atoms with van der Waals surface area (Å²) in [5.41, 5.74) is 47.4. The lowest BCUT2D eigenvalue weighted by Crippen LogP contribution is -2.29. The Hall–Kier alpha value is -17.6.